The van der Waals surface area contributed by atoms with E-state index in [1.807, 2.05) is 0 Å². The van der Waals surface area contributed by atoms with Gasteiger partial charge >= 0.3 is 6.18 Å². The molecule has 7 heteroatoms. The molecule has 0 saturated carbocycles. The number of alkyl halides is 3. The number of para-hydroxylation sites is 1. The number of benzene rings is 1. The van der Waals surface area contributed by atoms with Crippen molar-refractivity contribution in [2.45, 2.75) is 25.4 Å². The van der Waals surface area contributed by atoms with E-state index in [4.69, 9.17) is 0 Å². The summed E-state index contributed by atoms with van der Waals surface area (Å²) in [5, 5.41) is 10.0. The summed E-state index contributed by atoms with van der Waals surface area (Å²) in [5.74, 6) is -0.348. The summed E-state index contributed by atoms with van der Waals surface area (Å²) in [7, 11) is 0. The summed E-state index contributed by atoms with van der Waals surface area (Å²) in [6.07, 6.45) is -5.53. The van der Waals surface area contributed by atoms with Crippen molar-refractivity contribution >= 4 is 16.8 Å². The lowest BCUT2D eigenvalue weighted by atomic mass is 10.0. The first-order valence-corrected chi connectivity index (χ1v) is 5.37. The highest BCUT2D eigenvalue weighted by Gasteiger charge is 2.26. The van der Waals surface area contributed by atoms with Crippen molar-refractivity contribution < 1.29 is 18.0 Å². The van der Waals surface area contributed by atoms with E-state index in [-0.39, 0.29) is 18.6 Å². The summed E-state index contributed by atoms with van der Waals surface area (Å²) in [6.45, 7) is 0. The molecule has 1 aromatic carbocycles. The van der Waals surface area contributed by atoms with Crippen molar-refractivity contribution in [2.75, 3.05) is 0 Å². The molecular weight excluding hydrogens is 247 g/mol. The molecule has 1 aromatic heterocycles. The molecule has 0 aliphatic carbocycles. The van der Waals surface area contributed by atoms with Crippen LogP contribution in [-0.4, -0.2) is 27.4 Å². The number of Topliss-reactive ketones (excluding diaryl/α,β-unsaturated/α-hetero) is 1. The van der Waals surface area contributed by atoms with E-state index >= 15 is 0 Å². The molecule has 18 heavy (non-hydrogen) atoms. The fourth-order valence-electron chi connectivity index (χ4n) is 1.68. The van der Waals surface area contributed by atoms with Crippen LogP contribution in [0.25, 0.3) is 11.0 Å². The largest absolute Gasteiger partial charge is 0.389 e. The first-order chi connectivity index (χ1) is 8.47. The lowest BCUT2D eigenvalue weighted by Gasteiger charge is -2.05. The highest BCUT2D eigenvalue weighted by atomic mass is 19.4. The van der Waals surface area contributed by atoms with Crippen molar-refractivity contribution in [2.24, 2.45) is 0 Å². The first kappa shape index (κ1) is 12.5. The van der Waals surface area contributed by atoms with Gasteiger partial charge in [0.2, 0.25) is 0 Å². The molecule has 0 aliphatic rings. The predicted molar refractivity (Wildman–Crippen MR) is 58.1 cm³/mol. The van der Waals surface area contributed by atoms with Crippen molar-refractivity contribution in [3.8, 4) is 0 Å². The number of carbonyl (C=O) groups excluding carboxylic acids is 1. The molecule has 1 heterocycles. The third kappa shape index (κ3) is 2.85. The van der Waals surface area contributed by atoms with Crippen LogP contribution in [0, 0.1) is 0 Å². The molecule has 0 fully saturated rings. The summed E-state index contributed by atoms with van der Waals surface area (Å²) in [6, 6.07) is 4.84. The molecule has 96 valence electrons. The van der Waals surface area contributed by atoms with Crippen LogP contribution in [0.3, 0.4) is 0 Å². The van der Waals surface area contributed by atoms with E-state index in [0.29, 0.717) is 16.6 Å². The molecule has 0 aliphatic heterocycles. The molecule has 0 amide bonds. The van der Waals surface area contributed by atoms with Crippen molar-refractivity contribution in [3.05, 3.63) is 23.8 Å². The molecule has 0 spiro atoms. The molecule has 0 saturated heterocycles. The summed E-state index contributed by atoms with van der Waals surface area (Å²) in [5.41, 5.74) is 1.23. The normalized spacial score (nSPS) is 11.9. The number of H-pyrrole nitrogens is 1. The van der Waals surface area contributed by atoms with Gasteiger partial charge in [0.1, 0.15) is 11.0 Å². The Morgan fingerprint density at radius 2 is 2.06 bits per heavy atom. The number of hydrogen-bond acceptors (Lipinski definition) is 3. The Bertz CT molecular complexity index is 562. The minimum atomic E-state index is -4.22. The second-order valence-corrected chi connectivity index (χ2v) is 3.89. The van der Waals surface area contributed by atoms with Gasteiger partial charge in [-0.15, -0.1) is 0 Å². The van der Waals surface area contributed by atoms with E-state index in [2.05, 4.69) is 15.4 Å². The molecule has 2 rings (SSSR count). The number of nitrogens with zero attached hydrogens (tertiary/aromatic N) is 2. The van der Waals surface area contributed by atoms with E-state index in [0.717, 1.165) is 0 Å². The zero-order valence-corrected chi connectivity index (χ0v) is 9.29. The Balaban J connectivity index is 2.07. The first-order valence-electron chi connectivity index (χ1n) is 5.37. The zero-order chi connectivity index (χ0) is 13.2. The molecule has 0 radical (unpaired) electrons. The number of hydrogen-bond donors (Lipinski definition) is 1. The minimum absolute atomic E-state index is 0.147. The Kier molecular flexibility index (Phi) is 3.31. The molecule has 0 atom stereocenters. The summed E-state index contributed by atoms with van der Waals surface area (Å²) in [4.78, 5) is 11.8. The standard InChI is InChI=1S/C11H10F3N3O/c12-11(13,14)6-2-5-9(18)7-3-1-4-8-10(7)16-17-15-8/h1,3-4H,2,5-6H2,(H,15,16,17). The van der Waals surface area contributed by atoms with Crippen LogP contribution in [0.2, 0.25) is 0 Å². The van der Waals surface area contributed by atoms with Crippen LogP contribution in [0.1, 0.15) is 29.6 Å². The van der Waals surface area contributed by atoms with E-state index in [9.17, 15) is 18.0 Å². The number of aromatic amines is 1. The maximum absolute atomic E-state index is 12.0. The summed E-state index contributed by atoms with van der Waals surface area (Å²) < 4.78 is 35.9. The van der Waals surface area contributed by atoms with Gasteiger partial charge in [-0.3, -0.25) is 4.79 Å². The average molecular weight is 257 g/mol. The maximum Gasteiger partial charge on any atom is 0.389 e. The van der Waals surface area contributed by atoms with E-state index in [1.165, 1.54) is 0 Å². The number of aromatic nitrogens is 3. The number of ketones is 1. The smallest absolute Gasteiger partial charge is 0.294 e. The van der Waals surface area contributed by atoms with Crippen LogP contribution in [-0.2, 0) is 0 Å². The zero-order valence-electron chi connectivity index (χ0n) is 9.29. The highest BCUT2D eigenvalue weighted by Crippen LogP contribution is 2.23. The maximum atomic E-state index is 12.0. The fraction of sp³-hybridized carbons (Fsp3) is 0.364. The van der Waals surface area contributed by atoms with Crippen LogP contribution in [0.5, 0.6) is 0 Å². The molecule has 0 unspecified atom stereocenters. The molecular formula is C11H10F3N3O. The lowest BCUT2D eigenvalue weighted by Crippen LogP contribution is -2.08. The van der Waals surface area contributed by atoms with Gasteiger partial charge in [-0.1, -0.05) is 6.07 Å². The minimum Gasteiger partial charge on any atom is -0.294 e. The molecule has 2 aromatic rings. The third-order valence-electron chi connectivity index (χ3n) is 2.51. The predicted octanol–water partition coefficient (Wildman–Crippen LogP) is 2.87. The molecule has 4 nitrogen and oxygen atoms in total. The van der Waals surface area contributed by atoms with Crippen LogP contribution in [0.15, 0.2) is 18.2 Å². The van der Waals surface area contributed by atoms with Gasteiger partial charge < -0.3 is 0 Å². The molecule has 0 bridgehead atoms. The van der Waals surface area contributed by atoms with Gasteiger partial charge in [0.05, 0.1) is 0 Å². The van der Waals surface area contributed by atoms with E-state index < -0.39 is 12.6 Å². The van der Waals surface area contributed by atoms with E-state index in [1.54, 1.807) is 18.2 Å². The van der Waals surface area contributed by atoms with Gasteiger partial charge in [-0.25, -0.2) is 0 Å². The number of halogens is 3. The number of carbonyl (C=O) groups is 1. The van der Waals surface area contributed by atoms with Gasteiger partial charge in [0, 0.05) is 18.4 Å². The van der Waals surface area contributed by atoms with Crippen LogP contribution in [0.4, 0.5) is 13.2 Å². The van der Waals surface area contributed by atoms with Gasteiger partial charge in [0.25, 0.3) is 0 Å². The monoisotopic (exact) mass is 257 g/mol. The molecule has 1 N–H and O–H groups in total. The third-order valence-corrected chi connectivity index (χ3v) is 2.51. The van der Waals surface area contributed by atoms with Crippen LogP contribution < -0.4 is 0 Å². The fourth-order valence-corrected chi connectivity index (χ4v) is 1.68. The topological polar surface area (TPSA) is 58.6 Å². The lowest BCUT2D eigenvalue weighted by molar-refractivity contribution is -0.135. The Morgan fingerprint density at radius 1 is 1.28 bits per heavy atom. The Labute approximate surface area is 100 Å². The number of rotatable bonds is 4. The Hall–Kier alpha value is -1.92. The Morgan fingerprint density at radius 3 is 2.78 bits per heavy atom. The quantitative estimate of drug-likeness (QED) is 0.857. The SMILES string of the molecule is O=C(CCCC(F)(F)F)c1cccc2n[nH]nc12. The second-order valence-electron chi connectivity index (χ2n) is 3.89. The van der Waals surface area contributed by atoms with Crippen molar-refractivity contribution in [1.29, 1.82) is 0 Å². The average Bonchev–Trinajstić information content (AvgIpc) is 2.74. The second kappa shape index (κ2) is 4.75. The van der Waals surface area contributed by atoms with Crippen molar-refractivity contribution in [3.63, 3.8) is 0 Å². The van der Waals surface area contributed by atoms with Crippen molar-refractivity contribution in [1.82, 2.24) is 15.4 Å². The highest BCUT2D eigenvalue weighted by molar-refractivity contribution is 6.05. The van der Waals surface area contributed by atoms with Gasteiger partial charge in [-0.2, -0.15) is 28.6 Å². The van der Waals surface area contributed by atoms with Gasteiger partial charge in [0.15, 0.2) is 5.78 Å². The number of nitrogens with one attached hydrogen (secondary N) is 1. The summed E-state index contributed by atoms with van der Waals surface area (Å²) >= 11 is 0. The van der Waals surface area contributed by atoms with Crippen LogP contribution >= 0.6 is 0 Å². The van der Waals surface area contributed by atoms with Gasteiger partial charge in [-0.05, 0) is 18.6 Å². The number of fused-ring (bicyclic) bond motifs is 1.